The summed E-state index contributed by atoms with van der Waals surface area (Å²) in [5, 5.41) is 0.795. The summed E-state index contributed by atoms with van der Waals surface area (Å²) in [6.07, 6.45) is 3.99. The summed E-state index contributed by atoms with van der Waals surface area (Å²) in [6.45, 7) is 0. The van der Waals surface area contributed by atoms with E-state index < -0.39 is 0 Å². The van der Waals surface area contributed by atoms with E-state index in [1.165, 1.54) is 0 Å². The van der Waals surface area contributed by atoms with Gasteiger partial charge < -0.3 is 5.73 Å². The third-order valence-electron chi connectivity index (χ3n) is 2.19. The molecule has 0 spiro atoms. The van der Waals surface area contributed by atoms with Gasteiger partial charge in [-0.2, -0.15) is 11.8 Å². The van der Waals surface area contributed by atoms with Gasteiger partial charge in [-0.1, -0.05) is 33.6 Å². The van der Waals surface area contributed by atoms with Gasteiger partial charge in [-0.05, 0) is 42.5 Å². The fourth-order valence-electron chi connectivity index (χ4n) is 1.34. The van der Waals surface area contributed by atoms with Gasteiger partial charge >= 0.3 is 0 Å². The molecule has 0 aliphatic carbocycles. The molecular formula is C11H15BrClNS. The first-order valence-electron chi connectivity index (χ1n) is 4.82. The van der Waals surface area contributed by atoms with Crippen molar-refractivity contribution in [2.45, 2.75) is 18.9 Å². The Bertz CT molecular complexity index is 319. The lowest BCUT2D eigenvalue weighted by Crippen LogP contribution is -2.23. The standard InChI is InChI=1S/C11H15BrClNS/c1-15-5-4-10(14)6-8-2-3-9(12)7-11(8)13/h2-3,7,10H,4-6,14H2,1H3. The third-order valence-corrected chi connectivity index (χ3v) is 3.68. The molecule has 84 valence electrons. The zero-order valence-corrected chi connectivity index (χ0v) is 11.8. The quantitative estimate of drug-likeness (QED) is 0.897. The minimum Gasteiger partial charge on any atom is -0.327 e. The van der Waals surface area contributed by atoms with Crippen LogP contribution in [0.4, 0.5) is 0 Å². The second-order valence-corrected chi connectivity index (χ2v) is 5.79. The molecule has 0 aromatic heterocycles. The van der Waals surface area contributed by atoms with Crippen molar-refractivity contribution in [1.29, 1.82) is 0 Å². The van der Waals surface area contributed by atoms with Crippen molar-refractivity contribution in [3.63, 3.8) is 0 Å². The van der Waals surface area contributed by atoms with Gasteiger partial charge in [0.2, 0.25) is 0 Å². The second kappa shape index (κ2) is 6.79. The number of nitrogens with two attached hydrogens (primary N) is 1. The van der Waals surface area contributed by atoms with Crippen LogP contribution in [0.2, 0.25) is 5.02 Å². The highest BCUT2D eigenvalue weighted by Crippen LogP contribution is 2.22. The van der Waals surface area contributed by atoms with Crippen molar-refractivity contribution in [1.82, 2.24) is 0 Å². The van der Waals surface area contributed by atoms with E-state index in [1.807, 2.05) is 30.0 Å². The Morgan fingerprint density at radius 3 is 2.87 bits per heavy atom. The van der Waals surface area contributed by atoms with E-state index in [-0.39, 0.29) is 6.04 Å². The van der Waals surface area contributed by atoms with Crippen LogP contribution in [-0.2, 0) is 6.42 Å². The highest BCUT2D eigenvalue weighted by molar-refractivity contribution is 9.10. The molecule has 0 radical (unpaired) electrons. The lowest BCUT2D eigenvalue weighted by molar-refractivity contribution is 0.652. The van der Waals surface area contributed by atoms with Crippen LogP contribution in [0.25, 0.3) is 0 Å². The Morgan fingerprint density at radius 1 is 1.53 bits per heavy atom. The highest BCUT2D eigenvalue weighted by atomic mass is 79.9. The summed E-state index contributed by atoms with van der Waals surface area (Å²) in [5.74, 6) is 1.11. The zero-order valence-electron chi connectivity index (χ0n) is 8.67. The first kappa shape index (κ1) is 13.4. The van der Waals surface area contributed by atoms with E-state index in [4.69, 9.17) is 17.3 Å². The molecule has 1 unspecified atom stereocenters. The van der Waals surface area contributed by atoms with Crippen molar-refractivity contribution in [2.75, 3.05) is 12.0 Å². The summed E-state index contributed by atoms with van der Waals surface area (Å²) in [4.78, 5) is 0. The summed E-state index contributed by atoms with van der Waals surface area (Å²) < 4.78 is 1.01. The van der Waals surface area contributed by atoms with Crippen LogP contribution in [0.15, 0.2) is 22.7 Å². The minimum atomic E-state index is 0.205. The van der Waals surface area contributed by atoms with Crippen LogP contribution >= 0.6 is 39.3 Å². The molecule has 2 N–H and O–H groups in total. The molecule has 1 atom stereocenters. The number of hydrogen-bond donors (Lipinski definition) is 1. The maximum absolute atomic E-state index is 6.12. The summed E-state index contributed by atoms with van der Waals surface area (Å²) in [5.41, 5.74) is 7.15. The number of hydrogen-bond acceptors (Lipinski definition) is 2. The molecule has 0 aliphatic rings. The van der Waals surface area contributed by atoms with E-state index in [1.54, 1.807) is 0 Å². The van der Waals surface area contributed by atoms with Gasteiger partial charge in [-0.15, -0.1) is 0 Å². The fourth-order valence-corrected chi connectivity index (χ4v) is 2.63. The fraction of sp³-hybridized carbons (Fsp3) is 0.455. The normalized spacial score (nSPS) is 12.8. The lowest BCUT2D eigenvalue weighted by atomic mass is 10.0. The van der Waals surface area contributed by atoms with Crippen molar-refractivity contribution in [2.24, 2.45) is 5.73 Å². The van der Waals surface area contributed by atoms with Crippen molar-refractivity contribution in [3.05, 3.63) is 33.3 Å². The first-order chi connectivity index (χ1) is 7.13. The highest BCUT2D eigenvalue weighted by Gasteiger charge is 2.07. The van der Waals surface area contributed by atoms with Crippen LogP contribution in [-0.4, -0.2) is 18.1 Å². The maximum Gasteiger partial charge on any atom is 0.0449 e. The molecule has 0 amide bonds. The van der Waals surface area contributed by atoms with Gasteiger partial charge in [0.05, 0.1) is 0 Å². The molecular weight excluding hydrogens is 294 g/mol. The summed E-state index contributed by atoms with van der Waals surface area (Å²) in [6, 6.07) is 6.16. The number of rotatable bonds is 5. The van der Waals surface area contributed by atoms with Crippen molar-refractivity contribution in [3.8, 4) is 0 Å². The number of thioether (sulfide) groups is 1. The van der Waals surface area contributed by atoms with Crippen LogP contribution in [0, 0.1) is 0 Å². The molecule has 1 nitrogen and oxygen atoms in total. The van der Waals surface area contributed by atoms with E-state index in [0.717, 1.165) is 33.7 Å². The summed E-state index contributed by atoms with van der Waals surface area (Å²) in [7, 11) is 0. The molecule has 0 bridgehead atoms. The predicted octanol–water partition coefficient (Wildman–Crippen LogP) is 3.73. The van der Waals surface area contributed by atoms with Crippen LogP contribution in [0.1, 0.15) is 12.0 Å². The van der Waals surface area contributed by atoms with E-state index in [9.17, 15) is 0 Å². The van der Waals surface area contributed by atoms with Gasteiger partial charge in [0.25, 0.3) is 0 Å². The second-order valence-electron chi connectivity index (χ2n) is 3.48. The molecule has 1 aromatic carbocycles. The minimum absolute atomic E-state index is 0.205. The topological polar surface area (TPSA) is 26.0 Å². The van der Waals surface area contributed by atoms with Gasteiger partial charge in [-0.25, -0.2) is 0 Å². The van der Waals surface area contributed by atoms with Gasteiger partial charge in [0.15, 0.2) is 0 Å². The largest absolute Gasteiger partial charge is 0.327 e. The monoisotopic (exact) mass is 307 g/mol. The Kier molecular flexibility index (Phi) is 6.05. The Balaban J connectivity index is 2.56. The van der Waals surface area contributed by atoms with Crippen molar-refractivity contribution >= 4 is 39.3 Å². The predicted molar refractivity (Wildman–Crippen MR) is 73.8 cm³/mol. The van der Waals surface area contributed by atoms with Gasteiger partial charge in [-0.3, -0.25) is 0 Å². The molecule has 1 rings (SSSR count). The Hall–Kier alpha value is 0.300. The average Bonchev–Trinajstić information content (AvgIpc) is 2.19. The zero-order chi connectivity index (χ0) is 11.3. The van der Waals surface area contributed by atoms with Crippen molar-refractivity contribution < 1.29 is 0 Å². The van der Waals surface area contributed by atoms with Crippen LogP contribution < -0.4 is 5.73 Å². The SMILES string of the molecule is CSCCC(N)Cc1ccc(Br)cc1Cl. The van der Waals surface area contributed by atoms with E-state index >= 15 is 0 Å². The summed E-state index contributed by atoms with van der Waals surface area (Å²) >= 11 is 11.3. The Morgan fingerprint density at radius 2 is 2.27 bits per heavy atom. The lowest BCUT2D eigenvalue weighted by Gasteiger charge is -2.12. The molecule has 0 fully saturated rings. The molecule has 15 heavy (non-hydrogen) atoms. The van der Waals surface area contributed by atoms with Crippen LogP contribution in [0.5, 0.6) is 0 Å². The number of halogens is 2. The molecule has 1 aromatic rings. The van der Waals surface area contributed by atoms with Gasteiger partial charge in [0, 0.05) is 15.5 Å². The van der Waals surface area contributed by atoms with Gasteiger partial charge in [0.1, 0.15) is 0 Å². The van der Waals surface area contributed by atoms with E-state index in [2.05, 4.69) is 22.2 Å². The molecule has 4 heteroatoms. The smallest absolute Gasteiger partial charge is 0.0449 e. The third kappa shape index (κ3) is 4.77. The molecule has 0 aliphatic heterocycles. The van der Waals surface area contributed by atoms with Crippen LogP contribution in [0.3, 0.4) is 0 Å². The molecule has 0 saturated carbocycles. The molecule has 0 heterocycles. The Labute approximate surface area is 109 Å². The molecule has 0 saturated heterocycles. The number of benzene rings is 1. The average molecular weight is 309 g/mol. The first-order valence-corrected chi connectivity index (χ1v) is 7.38. The maximum atomic E-state index is 6.12. The van der Waals surface area contributed by atoms with E-state index in [0.29, 0.717) is 0 Å².